The highest BCUT2D eigenvalue weighted by atomic mass is 79.9. The fourth-order valence-corrected chi connectivity index (χ4v) is 6.49. The Hall–Kier alpha value is -1.27. The van der Waals surface area contributed by atoms with Crippen LogP contribution in [-0.4, -0.2) is 24.7 Å². The molecule has 4 bridgehead atoms. The molecule has 1 aromatic rings. The lowest BCUT2D eigenvalue weighted by molar-refractivity contribution is -0.119. The molecule has 4 saturated carbocycles. The minimum absolute atomic E-state index is 0.163. The Morgan fingerprint density at radius 3 is 2.37 bits per heavy atom. The standard InChI is InChI=1S/C21H29BrN2O3/c1-2-26-18-7-16(6-17(22)20(18)27-12-19(23)25)11-24-21-8-13-3-14(9-21)5-15(4-13)10-21/h6-7,13-15,24H,2-5,8-12H2,1H3,(H2,23,25). The number of hydrogen-bond donors (Lipinski definition) is 2. The number of rotatable bonds is 8. The second-order valence-corrected chi connectivity index (χ2v) is 9.50. The second kappa shape index (κ2) is 7.63. The molecule has 4 fully saturated rings. The summed E-state index contributed by atoms with van der Waals surface area (Å²) in [7, 11) is 0. The van der Waals surface area contributed by atoms with Gasteiger partial charge in [-0.25, -0.2) is 0 Å². The van der Waals surface area contributed by atoms with Crippen LogP contribution >= 0.6 is 15.9 Å². The first-order valence-electron chi connectivity index (χ1n) is 10.1. The number of nitrogens with one attached hydrogen (secondary N) is 1. The summed E-state index contributed by atoms with van der Waals surface area (Å²) in [5.41, 5.74) is 6.69. The Labute approximate surface area is 169 Å². The van der Waals surface area contributed by atoms with E-state index in [1.165, 1.54) is 38.5 Å². The predicted molar refractivity (Wildman–Crippen MR) is 108 cm³/mol. The van der Waals surface area contributed by atoms with Crippen LogP contribution in [0.15, 0.2) is 16.6 Å². The van der Waals surface area contributed by atoms with Gasteiger partial charge in [-0.3, -0.25) is 4.79 Å². The minimum atomic E-state index is -0.503. The van der Waals surface area contributed by atoms with Gasteiger partial charge in [0, 0.05) is 12.1 Å². The Kier molecular flexibility index (Phi) is 5.39. The largest absolute Gasteiger partial charge is 0.490 e. The first-order valence-corrected chi connectivity index (χ1v) is 10.9. The van der Waals surface area contributed by atoms with Gasteiger partial charge in [0.2, 0.25) is 0 Å². The molecule has 0 atom stereocenters. The van der Waals surface area contributed by atoms with Gasteiger partial charge in [0.05, 0.1) is 11.1 Å². The summed E-state index contributed by atoms with van der Waals surface area (Å²) in [6, 6.07) is 4.06. The molecule has 0 heterocycles. The van der Waals surface area contributed by atoms with Crippen molar-refractivity contribution in [2.75, 3.05) is 13.2 Å². The normalized spacial score (nSPS) is 31.1. The SMILES string of the molecule is CCOc1cc(CNC23CC4CC(CC(C4)C2)C3)cc(Br)c1OCC(N)=O. The maximum absolute atomic E-state index is 11.1. The van der Waals surface area contributed by atoms with Crippen molar-refractivity contribution in [3.8, 4) is 11.5 Å². The number of nitrogens with two attached hydrogens (primary N) is 1. The van der Waals surface area contributed by atoms with E-state index in [-0.39, 0.29) is 6.61 Å². The third kappa shape index (κ3) is 4.11. The molecule has 1 amide bonds. The third-order valence-corrected chi connectivity index (χ3v) is 7.02. The van der Waals surface area contributed by atoms with Gasteiger partial charge in [-0.2, -0.15) is 0 Å². The molecule has 5 nitrogen and oxygen atoms in total. The second-order valence-electron chi connectivity index (χ2n) is 8.64. The molecule has 0 aromatic heterocycles. The highest BCUT2D eigenvalue weighted by molar-refractivity contribution is 9.10. The smallest absolute Gasteiger partial charge is 0.255 e. The Morgan fingerprint density at radius 1 is 1.19 bits per heavy atom. The van der Waals surface area contributed by atoms with Crippen molar-refractivity contribution in [2.24, 2.45) is 23.5 Å². The molecule has 148 valence electrons. The average molecular weight is 437 g/mol. The molecule has 0 aliphatic heterocycles. The van der Waals surface area contributed by atoms with E-state index in [2.05, 4.69) is 21.2 Å². The molecule has 1 aromatic carbocycles. The van der Waals surface area contributed by atoms with E-state index in [1.807, 2.05) is 19.1 Å². The Balaban J connectivity index is 1.48. The molecule has 0 radical (unpaired) electrons. The summed E-state index contributed by atoms with van der Waals surface area (Å²) in [6.07, 6.45) is 8.35. The summed E-state index contributed by atoms with van der Waals surface area (Å²) in [5.74, 6) is 3.47. The summed E-state index contributed by atoms with van der Waals surface area (Å²) in [6.45, 7) is 3.13. The molecule has 6 heteroatoms. The van der Waals surface area contributed by atoms with Gasteiger partial charge in [-0.15, -0.1) is 0 Å². The predicted octanol–water partition coefficient (Wildman–Crippen LogP) is 3.77. The number of hydrogen-bond acceptors (Lipinski definition) is 4. The minimum Gasteiger partial charge on any atom is -0.490 e. The Bertz CT molecular complexity index is 686. The number of ether oxygens (including phenoxy) is 2. The monoisotopic (exact) mass is 436 g/mol. The van der Waals surface area contributed by atoms with Crippen LogP contribution in [0.1, 0.15) is 51.0 Å². The molecular weight excluding hydrogens is 408 g/mol. The number of carbonyl (C=O) groups is 1. The van der Waals surface area contributed by atoms with Crippen LogP contribution in [0.4, 0.5) is 0 Å². The fourth-order valence-electron chi connectivity index (χ4n) is 5.89. The van der Waals surface area contributed by atoms with Crippen LogP contribution in [0.25, 0.3) is 0 Å². The number of amides is 1. The first-order chi connectivity index (χ1) is 13.0. The van der Waals surface area contributed by atoms with Crippen LogP contribution in [-0.2, 0) is 11.3 Å². The van der Waals surface area contributed by atoms with Gasteiger partial charge in [0.15, 0.2) is 18.1 Å². The van der Waals surface area contributed by atoms with Crippen molar-refractivity contribution in [1.29, 1.82) is 0 Å². The number of carbonyl (C=O) groups excluding carboxylic acids is 1. The molecule has 4 aliphatic carbocycles. The van der Waals surface area contributed by atoms with Gasteiger partial charge in [0.1, 0.15) is 0 Å². The molecule has 0 unspecified atom stereocenters. The van der Waals surface area contributed by atoms with Crippen molar-refractivity contribution in [1.82, 2.24) is 5.32 Å². The molecule has 3 N–H and O–H groups in total. The maximum Gasteiger partial charge on any atom is 0.255 e. The molecule has 4 aliphatic rings. The first kappa shape index (κ1) is 19.1. The van der Waals surface area contributed by atoms with Crippen LogP contribution in [0.2, 0.25) is 0 Å². The van der Waals surface area contributed by atoms with Crippen molar-refractivity contribution < 1.29 is 14.3 Å². The zero-order valence-electron chi connectivity index (χ0n) is 15.9. The van der Waals surface area contributed by atoms with Gasteiger partial charge in [-0.05, 0) is 96.8 Å². The highest BCUT2D eigenvalue weighted by Crippen LogP contribution is 2.55. The lowest BCUT2D eigenvalue weighted by Crippen LogP contribution is -2.58. The number of benzene rings is 1. The van der Waals surface area contributed by atoms with Gasteiger partial charge in [-0.1, -0.05) is 0 Å². The zero-order chi connectivity index (χ0) is 19.0. The third-order valence-electron chi connectivity index (χ3n) is 6.43. The number of primary amides is 1. The molecule has 5 rings (SSSR count). The van der Waals surface area contributed by atoms with Crippen molar-refractivity contribution in [3.05, 3.63) is 22.2 Å². The van der Waals surface area contributed by atoms with Crippen LogP contribution in [0, 0.1) is 17.8 Å². The topological polar surface area (TPSA) is 73.6 Å². The summed E-state index contributed by atoms with van der Waals surface area (Å²) < 4.78 is 12.1. The van der Waals surface area contributed by atoms with Gasteiger partial charge in [0.25, 0.3) is 5.91 Å². The van der Waals surface area contributed by atoms with E-state index in [9.17, 15) is 4.79 Å². The highest BCUT2D eigenvalue weighted by Gasteiger charge is 2.50. The van der Waals surface area contributed by atoms with E-state index in [0.717, 1.165) is 34.3 Å². The van der Waals surface area contributed by atoms with Gasteiger partial charge >= 0.3 is 0 Å². The van der Waals surface area contributed by atoms with Crippen molar-refractivity contribution >= 4 is 21.8 Å². The maximum atomic E-state index is 11.1. The lowest BCUT2D eigenvalue weighted by atomic mass is 9.53. The van der Waals surface area contributed by atoms with Gasteiger partial charge < -0.3 is 20.5 Å². The fraction of sp³-hybridized carbons (Fsp3) is 0.667. The molecule has 27 heavy (non-hydrogen) atoms. The quantitative estimate of drug-likeness (QED) is 0.650. The zero-order valence-corrected chi connectivity index (χ0v) is 17.5. The molecule has 0 spiro atoms. The van der Waals surface area contributed by atoms with E-state index in [0.29, 0.717) is 23.6 Å². The average Bonchev–Trinajstić information content (AvgIpc) is 2.58. The summed E-state index contributed by atoms with van der Waals surface area (Å²) in [4.78, 5) is 11.1. The van der Waals surface area contributed by atoms with E-state index < -0.39 is 5.91 Å². The van der Waals surface area contributed by atoms with Crippen LogP contribution in [0.5, 0.6) is 11.5 Å². The van der Waals surface area contributed by atoms with Crippen molar-refractivity contribution in [3.63, 3.8) is 0 Å². The van der Waals surface area contributed by atoms with Crippen LogP contribution in [0.3, 0.4) is 0 Å². The van der Waals surface area contributed by atoms with E-state index >= 15 is 0 Å². The molecular formula is C21H29BrN2O3. The van der Waals surface area contributed by atoms with E-state index in [1.54, 1.807) is 0 Å². The number of halogens is 1. The van der Waals surface area contributed by atoms with Crippen molar-refractivity contribution in [2.45, 2.75) is 57.5 Å². The van der Waals surface area contributed by atoms with Crippen LogP contribution < -0.4 is 20.5 Å². The Morgan fingerprint density at radius 2 is 1.81 bits per heavy atom. The van der Waals surface area contributed by atoms with E-state index in [4.69, 9.17) is 15.2 Å². The summed E-state index contributed by atoms with van der Waals surface area (Å²) in [5, 5.41) is 3.92. The summed E-state index contributed by atoms with van der Waals surface area (Å²) >= 11 is 3.57. The molecule has 0 saturated heterocycles. The lowest BCUT2D eigenvalue weighted by Gasteiger charge is -2.57.